The molecule has 2 aliphatic heterocycles. The molecule has 2 aromatic carbocycles. The number of morpholine rings is 1. The van der Waals surface area contributed by atoms with E-state index in [4.69, 9.17) is 14.2 Å². The highest BCUT2D eigenvalue weighted by atomic mass is 16.5. The van der Waals surface area contributed by atoms with E-state index in [-0.39, 0.29) is 12.5 Å². The molecule has 3 amide bonds. The smallest absolute Gasteiger partial charge is 0.282 e. The number of amides is 3. The van der Waals surface area contributed by atoms with Gasteiger partial charge in [0.05, 0.1) is 37.7 Å². The summed E-state index contributed by atoms with van der Waals surface area (Å²) in [6, 6.07) is 11.6. The summed E-state index contributed by atoms with van der Waals surface area (Å²) in [4.78, 5) is 38.7. The monoisotopic (exact) mass is 423 g/mol. The number of fused-ring (bicyclic) bond motifs is 1. The second kappa shape index (κ2) is 8.97. The normalized spacial score (nSPS) is 16.0. The number of imide groups is 1. The molecule has 2 heterocycles. The van der Waals surface area contributed by atoms with Crippen LogP contribution in [0.4, 0.5) is 0 Å². The van der Waals surface area contributed by atoms with E-state index < -0.39 is 11.8 Å². The molecule has 0 radical (unpaired) electrons. The van der Waals surface area contributed by atoms with Gasteiger partial charge in [-0.2, -0.15) is 10.1 Å². The Morgan fingerprint density at radius 2 is 1.74 bits per heavy atom. The quantitative estimate of drug-likeness (QED) is 0.517. The van der Waals surface area contributed by atoms with Gasteiger partial charge in [-0.25, -0.2) is 0 Å². The van der Waals surface area contributed by atoms with Crippen LogP contribution in [0.5, 0.6) is 11.5 Å². The van der Waals surface area contributed by atoms with Crippen molar-refractivity contribution in [2.45, 2.75) is 0 Å². The summed E-state index contributed by atoms with van der Waals surface area (Å²) in [7, 11) is 1.48. The number of nitrogens with zero attached hydrogens (tertiary/aromatic N) is 3. The highest BCUT2D eigenvalue weighted by Gasteiger charge is 2.35. The summed E-state index contributed by atoms with van der Waals surface area (Å²) in [5, 5.41) is 4.89. The molecule has 0 aliphatic carbocycles. The van der Waals surface area contributed by atoms with Crippen LogP contribution in [0.1, 0.15) is 26.3 Å². The third-order valence-electron chi connectivity index (χ3n) is 5.00. The molecule has 9 nitrogen and oxygen atoms in total. The van der Waals surface area contributed by atoms with Crippen LogP contribution < -0.4 is 9.47 Å². The van der Waals surface area contributed by atoms with Crippen LogP contribution in [0.25, 0.3) is 0 Å². The molecule has 1 saturated heterocycles. The largest absolute Gasteiger partial charge is 0.493 e. The molecule has 0 N–H and O–H groups in total. The van der Waals surface area contributed by atoms with Crippen molar-refractivity contribution in [2.24, 2.45) is 5.10 Å². The molecule has 0 spiro atoms. The van der Waals surface area contributed by atoms with Crippen LogP contribution in [0, 0.1) is 0 Å². The van der Waals surface area contributed by atoms with Gasteiger partial charge in [-0.1, -0.05) is 12.1 Å². The lowest BCUT2D eigenvalue weighted by atomic mass is 10.1. The Morgan fingerprint density at radius 1 is 1.06 bits per heavy atom. The molecule has 2 aromatic rings. The molecule has 0 saturated carbocycles. The summed E-state index contributed by atoms with van der Waals surface area (Å²) in [6.07, 6.45) is 1.40. The molecule has 0 aromatic heterocycles. The van der Waals surface area contributed by atoms with Gasteiger partial charge in [0.1, 0.15) is 0 Å². The summed E-state index contributed by atoms with van der Waals surface area (Å²) < 4.78 is 16.2. The Labute approximate surface area is 178 Å². The summed E-state index contributed by atoms with van der Waals surface area (Å²) in [5.41, 5.74) is 1.26. The van der Waals surface area contributed by atoms with E-state index in [1.165, 1.54) is 13.3 Å². The summed E-state index contributed by atoms with van der Waals surface area (Å²) in [6.45, 7) is 2.03. The first-order valence-electron chi connectivity index (χ1n) is 9.76. The predicted octanol–water partition coefficient (Wildman–Crippen LogP) is 1.56. The zero-order chi connectivity index (χ0) is 21.8. The number of carbonyl (C=O) groups excluding carboxylic acids is 3. The van der Waals surface area contributed by atoms with Gasteiger partial charge in [0, 0.05) is 13.1 Å². The number of carbonyl (C=O) groups is 3. The van der Waals surface area contributed by atoms with Crippen molar-refractivity contribution in [1.29, 1.82) is 0 Å². The number of ether oxygens (including phenoxy) is 3. The van der Waals surface area contributed by atoms with Crippen molar-refractivity contribution >= 4 is 23.9 Å². The van der Waals surface area contributed by atoms with E-state index >= 15 is 0 Å². The van der Waals surface area contributed by atoms with Crippen LogP contribution in [0.3, 0.4) is 0 Å². The van der Waals surface area contributed by atoms with Crippen molar-refractivity contribution in [3.8, 4) is 11.5 Å². The van der Waals surface area contributed by atoms with E-state index in [9.17, 15) is 14.4 Å². The highest BCUT2D eigenvalue weighted by Crippen LogP contribution is 2.28. The van der Waals surface area contributed by atoms with Gasteiger partial charge in [0.15, 0.2) is 18.1 Å². The molecule has 31 heavy (non-hydrogen) atoms. The maximum Gasteiger partial charge on any atom is 0.282 e. The fourth-order valence-electron chi connectivity index (χ4n) is 3.33. The van der Waals surface area contributed by atoms with Crippen molar-refractivity contribution < 1.29 is 28.6 Å². The Balaban J connectivity index is 1.43. The first-order valence-corrected chi connectivity index (χ1v) is 9.76. The van der Waals surface area contributed by atoms with Gasteiger partial charge in [-0.3, -0.25) is 14.4 Å². The lowest BCUT2D eigenvalue weighted by Crippen LogP contribution is -2.43. The van der Waals surface area contributed by atoms with Gasteiger partial charge >= 0.3 is 0 Å². The third kappa shape index (κ3) is 4.26. The molecule has 4 rings (SSSR count). The minimum atomic E-state index is -0.467. The molecule has 0 bridgehead atoms. The number of hydrogen-bond acceptors (Lipinski definition) is 7. The zero-order valence-electron chi connectivity index (χ0n) is 16.9. The fourth-order valence-corrected chi connectivity index (χ4v) is 3.33. The van der Waals surface area contributed by atoms with E-state index in [1.54, 1.807) is 47.4 Å². The van der Waals surface area contributed by atoms with Gasteiger partial charge in [-0.05, 0) is 35.9 Å². The first-order chi connectivity index (χ1) is 15.1. The van der Waals surface area contributed by atoms with E-state index in [0.29, 0.717) is 54.5 Å². The van der Waals surface area contributed by atoms with E-state index in [0.717, 1.165) is 5.01 Å². The van der Waals surface area contributed by atoms with Crippen molar-refractivity contribution in [3.63, 3.8) is 0 Å². The molecule has 2 aliphatic rings. The molecular weight excluding hydrogens is 402 g/mol. The maximum atomic E-state index is 12.4. The predicted molar refractivity (Wildman–Crippen MR) is 110 cm³/mol. The Bertz CT molecular complexity index is 1010. The number of benzene rings is 2. The average Bonchev–Trinajstić information content (AvgIpc) is 3.06. The molecule has 1 fully saturated rings. The molecule has 0 atom stereocenters. The standard InChI is InChI=1S/C22H21N3O6/c1-29-19-12-15(6-7-18(19)31-14-20(26)24-8-10-30-11-9-24)13-23-25-21(27)16-4-2-3-5-17(16)22(25)28/h2-7,12-13H,8-11,14H2,1H3/b23-13+. The Hall–Kier alpha value is -3.72. The molecular formula is C22H21N3O6. The lowest BCUT2D eigenvalue weighted by molar-refractivity contribution is -0.137. The minimum Gasteiger partial charge on any atom is -0.493 e. The minimum absolute atomic E-state index is 0.112. The highest BCUT2D eigenvalue weighted by molar-refractivity contribution is 6.21. The van der Waals surface area contributed by atoms with Crippen molar-refractivity contribution in [2.75, 3.05) is 40.0 Å². The van der Waals surface area contributed by atoms with Crippen LogP contribution >= 0.6 is 0 Å². The Kier molecular flexibility index (Phi) is 5.94. The Morgan fingerprint density at radius 3 is 2.39 bits per heavy atom. The van der Waals surface area contributed by atoms with Crippen molar-refractivity contribution in [3.05, 3.63) is 59.2 Å². The average molecular weight is 423 g/mol. The summed E-state index contributed by atoms with van der Waals surface area (Å²) in [5.74, 6) is -0.250. The van der Waals surface area contributed by atoms with Crippen LogP contribution in [-0.4, -0.2) is 73.9 Å². The van der Waals surface area contributed by atoms with E-state index in [1.807, 2.05) is 0 Å². The van der Waals surface area contributed by atoms with Gasteiger partial charge < -0.3 is 19.1 Å². The molecule has 9 heteroatoms. The van der Waals surface area contributed by atoms with Gasteiger partial charge in [0.25, 0.3) is 17.7 Å². The third-order valence-corrected chi connectivity index (χ3v) is 5.00. The number of rotatable bonds is 6. The van der Waals surface area contributed by atoms with Gasteiger partial charge in [0.2, 0.25) is 0 Å². The number of hydrogen-bond donors (Lipinski definition) is 0. The van der Waals surface area contributed by atoms with Crippen LogP contribution in [-0.2, 0) is 9.53 Å². The van der Waals surface area contributed by atoms with Crippen LogP contribution in [0.2, 0.25) is 0 Å². The van der Waals surface area contributed by atoms with Gasteiger partial charge in [-0.15, -0.1) is 0 Å². The number of methoxy groups -OCH3 is 1. The van der Waals surface area contributed by atoms with E-state index in [2.05, 4.69) is 5.10 Å². The SMILES string of the molecule is COc1cc(/C=N/N2C(=O)c3ccccc3C2=O)ccc1OCC(=O)N1CCOCC1. The molecule has 160 valence electrons. The zero-order valence-corrected chi connectivity index (χ0v) is 16.9. The lowest BCUT2D eigenvalue weighted by Gasteiger charge is -2.26. The van der Waals surface area contributed by atoms with Crippen LogP contribution in [0.15, 0.2) is 47.6 Å². The molecule has 0 unspecified atom stereocenters. The second-order valence-corrected chi connectivity index (χ2v) is 6.90. The topological polar surface area (TPSA) is 97.7 Å². The second-order valence-electron chi connectivity index (χ2n) is 6.90. The number of hydrazone groups is 1. The first kappa shape index (κ1) is 20.5. The fraction of sp³-hybridized carbons (Fsp3) is 0.273. The maximum absolute atomic E-state index is 12.4. The van der Waals surface area contributed by atoms with Crippen molar-refractivity contribution in [1.82, 2.24) is 9.91 Å². The summed E-state index contributed by atoms with van der Waals surface area (Å²) >= 11 is 0.